The summed E-state index contributed by atoms with van der Waals surface area (Å²) >= 11 is 1.61. The third-order valence-electron chi connectivity index (χ3n) is 6.07. The summed E-state index contributed by atoms with van der Waals surface area (Å²) in [5.41, 5.74) is 2.13. The largest absolute Gasteiger partial charge is 0.332 e. The Kier molecular flexibility index (Phi) is 7.69. The van der Waals surface area contributed by atoms with Gasteiger partial charge in [-0.05, 0) is 66.2 Å². The van der Waals surface area contributed by atoms with Gasteiger partial charge in [-0.1, -0.05) is 60.7 Å². The number of thiophene rings is 1. The predicted octanol–water partition coefficient (Wildman–Crippen LogP) is 5.84. The summed E-state index contributed by atoms with van der Waals surface area (Å²) in [6.07, 6.45) is 0. The van der Waals surface area contributed by atoms with Gasteiger partial charge in [-0.2, -0.15) is 4.31 Å². The molecule has 0 aliphatic heterocycles. The first-order valence-electron chi connectivity index (χ1n) is 11.6. The van der Waals surface area contributed by atoms with Gasteiger partial charge < -0.3 is 4.90 Å². The number of carbonyl (C=O) groups excluding carboxylic acids is 1. The van der Waals surface area contributed by atoms with E-state index in [-0.39, 0.29) is 23.4 Å². The maximum Gasteiger partial charge on any atom is 0.243 e. The van der Waals surface area contributed by atoms with E-state index in [1.54, 1.807) is 42.2 Å². The van der Waals surface area contributed by atoms with Crippen LogP contribution in [-0.2, 0) is 27.9 Å². The average molecular weight is 507 g/mol. The number of nitrogens with zero attached hydrogens (tertiary/aromatic N) is 2. The Hall–Kier alpha value is -3.00. The van der Waals surface area contributed by atoms with E-state index >= 15 is 0 Å². The van der Waals surface area contributed by atoms with E-state index < -0.39 is 10.0 Å². The highest BCUT2D eigenvalue weighted by atomic mass is 32.2. The minimum Gasteiger partial charge on any atom is -0.332 e. The SMILES string of the molecule is Cc1ccsc1CN(Cc1ccccc1)C(=O)CN(C(C)C)S(=O)(=O)c1ccc2ccccc2c1. The first kappa shape index (κ1) is 25.1. The number of sulfonamides is 1. The lowest BCUT2D eigenvalue weighted by molar-refractivity contribution is -0.132. The lowest BCUT2D eigenvalue weighted by Gasteiger charge is -2.29. The molecule has 1 aromatic heterocycles. The van der Waals surface area contributed by atoms with Crippen LogP contribution in [0.25, 0.3) is 10.8 Å². The molecule has 0 N–H and O–H groups in total. The minimum absolute atomic E-state index is 0.196. The molecular formula is C28H30N2O3S2. The highest BCUT2D eigenvalue weighted by Gasteiger charge is 2.31. The molecule has 1 heterocycles. The summed E-state index contributed by atoms with van der Waals surface area (Å²) in [7, 11) is -3.87. The Balaban J connectivity index is 1.62. The molecule has 0 bridgehead atoms. The van der Waals surface area contributed by atoms with Gasteiger partial charge in [0.15, 0.2) is 0 Å². The molecule has 3 aromatic carbocycles. The molecule has 0 radical (unpaired) electrons. The molecule has 35 heavy (non-hydrogen) atoms. The number of aryl methyl sites for hydroxylation is 1. The Morgan fingerprint density at radius 1 is 0.886 bits per heavy atom. The van der Waals surface area contributed by atoms with Crippen molar-refractivity contribution in [2.24, 2.45) is 0 Å². The first-order chi connectivity index (χ1) is 16.8. The summed E-state index contributed by atoms with van der Waals surface area (Å²) in [5, 5.41) is 3.84. The molecule has 5 nitrogen and oxygen atoms in total. The standard InChI is InChI=1S/C28H30N2O3S2/c1-21(2)30(35(32,33)26-14-13-24-11-7-8-12-25(24)17-26)20-28(31)29(18-23-9-5-4-6-10-23)19-27-22(3)15-16-34-27/h4-17,21H,18-20H2,1-3H3. The van der Waals surface area contributed by atoms with Crippen LogP contribution in [0.15, 0.2) is 89.1 Å². The monoisotopic (exact) mass is 506 g/mol. The molecule has 0 saturated carbocycles. The van der Waals surface area contributed by atoms with Crippen LogP contribution in [0.4, 0.5) is 0 Å². The van der Waals surface area contributed by atoms with Gasteiger partial charge in [0.1, 0.15) is 0 Å². The van der Waals surface area contributed by atoms with Crippen molar-refractivity contribution >= 4 is 38.0 Å². The van der Waals surface area contributed by atoms with Crippen LogP contribution in [0, 0.1) is 6.92 Å². The summed E-state index contributed by atoms with van der Waals surface area (Å²) in [6, 6.07) is 24.2. The third kappa shape index (κ3) is 5.81. The third-order valence-corrected chi connectivity index (χ3v) is 9.09. The minimum atomic E-state index is -3.87. The van der Waals surface area contributed by atoms with Gasteiger partial charge in [0.25, 0.3) is 0 Å². The van der Waals surface area contributed by atoms with Crippen molar-refractivity contribution in [3.8, 4) is 0 Å². The van der Waals surface area contributed by atoms with Crippen molar-refractivity contribution in [3.05, 3.63) is 100 Å². The fraction of sp³-hybridized carbons (Fsp3) is 0.250. The molecule has 7 heteroatoms. The van der Waals surface area contributed by atoms with Gasteiger partial charge in [0, 0.05) is 17.5 Å². The van der Waals surface area contributed by atoms with Crippen molar-refractivity contribution < 1.29 is 13.2 Å². The molecule has 4 aromatic rings. The highest BCUT2D eigenvalue weighted by molar-refractivity contribution is 7.89. The number of carbonyl (C=O) groups is 1. The van der Waals surface area contributed by atoms with Crippen LogP contribution in [0.2, 0.25) is 0 Å². The van der Waals surface area contributed by atoms with E-state index in [2.05, 4.69) is 0 Å². The van der Waals surface area contributed by atoms with E-state index in [4.69, 9.17) is 0 Å². The number of benzene rings is 3. The molecule has 0 fully saturated rings. The van der Waals surface area contributed by atoms with E-state index in [0.717, 1.165) is 26.8 Å². The van der Waals surface area contributed by atoms with Gasteiger partial charge in [0.2, 0.25) is 15.9 Å². The zero-order valence-electron chi connectivity index (χ0n) is 20.2. The molecule has 0 aliphatic rings. The summed E-state index contributed by atoms with van der Waals surface area (Å²) in [6.45, 7) is 6.28. The molecule has 1 amide bonds. The molecular weight excluding hydrogens is 476 g/mol. The average Bonchev–Trinajstić information content (AvgIpc) is 3.26. The zero-order chi connectivity index (χ0) is 25.0. The maximum atomic E-state index is 13.7. The Morgan fingerprint density at radius 3 is 2.23 bits per heavy atom. The topological polar surface area (TPSA) is 57.7 Å². The molecule has 182 valence electrons. The van der Waals surface area contributed by atoms with Crippen LogP contribution >= 0.6 is 11.3 Å². The molecule has 0 spiro atoms. The van der Waals surface area contributed by atoms with Crippen molar-refractivity contribution in [1.82, 2.24) is 9.21 Å². The van der Waals surface area contributed by atoms with Gasteiger partial charge in [-0.15, -0.1) is 11.3 Å². The lowest BCUT2D eigenvalue weighted by Crippen LogP contribution is -2.45. The number of amides is 1. The second kappa shape index (κ2) is 10.7. The van der Waals surface area contributed by atoms with Crippen LogP contribution in [0.1, 0.15) is 29.9 Å². The Labute approximate surface area is 211 Å². The highest BCUT2D eigenvalue weighted by Crippen LogP contribution is 2.25. The van der Waals surface area contributed by atoms with Crippen LogP contribution in [0.3, 0.4) is 0 Å². The molecule has 0 saturated heterocycles. The number of rotatable bonds is 9. The maximum absolute atomic E-state index is 13.7. The Morgan fingerprint density at radius 2 is 1.57 bits per heavy atom. The number of hydrogen-bond acceptors (Lipinski definition) is 4. The van der Waals surface area contributed by atoms with E-state index in [9.17, 15) is 13.2 Å². The van der Waals surface area contributed by atoms with E-state index in [1.807, 2.05) is 79.0 Å². The first-order valence-corrected chi connectivity index (χ1v) is 13.9. The molecule has 0 unspecified atom stereocenters. The van der Waals surface area contributed by atoms with Crippen LogP contribution in [0.5, 0.6) is 0 Å². The number of fused-ring (bicyclic) bond motifs is 1. The van der Waals surface area contributed by atoms with Gasteiger partial charge in [-0.3, -0.25) is 4.79 Å². The Bertz CT molecular complexity index is 1410. The van der Waals surface area contributed by atoms with Crippen LogP contribution < -0.4 is 0 Å². The van der Waals surface area contributed by atoms with E-state index in [0.29, 0.717) is 13.1 Å². The lowest BCUT2D eigenvalue weighted by atomic mass is 10.1. The summed E-state index contributed by atoms with van der Waals surface area (Å²) < 4.78 is 28.6. The van der Waals surface area contributed by atoms with Crippen molar-refractivity contribution in [3.63, 3.8) is 0 Å². The summed E-state index contributed by atoms with van der Waals surface area (Å²) in [4.78, 5) is 16.7. The zero-order valence-corrected chi connectivity index (χ0v) is 21.9. The van der Waals surface area contributed by atoms with Crippen molar-refractivity contribution in [2.45, 2.75) is 44.8 Å². The summed E-state index contributed by atoms with van der Waals surface area (Å²) in [5.74, 6) is -0.222. The normalized spacial score (nSPS) is 11.9. The fourth-order valence-corrected chi connectivity index (χ4v) is 6.56. The van der Waals surface area contributed by atoms with Crippen LogP contribution in [-0.4, -0.2) is 36.1 Å². The van der Waals surface area contributed by atoms with E-state index in [1.165, 1.54) is 4.31 Å². The number of hydrogen-bond donors (Lipinski definition) is 0. The fourth-order valence-electron chi connectivity index (χ4n) is 4.02. The van der Waals surface area contributed by atoms with Gasteiger partial charge >= 0.3 is 0 Å². The van der Waals surface area contributed by atoms with Gasteiger partial charge in [-0.25, -0.2) is 8.42 Å². The molecule has 0 aliphatic carbocycles. The smallest absolute Gasteiger partial charge is 0.243 e. The predicted molar refractivity (Wildman–Crippen MR) is 143 cm³/mol. The second-order valence-electron chi connectivity index (χ2n) is 8.92. The molecule has 0 atom stereocenters. The van der Waals surface area contributed by atoms with Crippen molar-refractivity contribution in [1.29, 1.82) is 0 Å². The van der Waals surface area contributed by atoms with Gasteiger partial charge in [0.05, 0.1) is 18.0 Å². The quantitative estimate of drug-likeness (QED) is 0.287. The second-order valence-corrected chi connectivity index (χ2v) is 11.8. The van der Waals surface area contributed by atoms with Crippen molar-refractivity contribution in [2.75, 3.05) is 6.54 Å². The molecule has 4 rings (SSSR count).